The van der Waals surface area contributed by atoms with Gasteiger partial charge in [-0.3, -0.25) is 0 Å². The molecule has 4 heteroatoms. The maximum absolute atomic E-state index is 5.75. The van der Waals surface area contributed by atoms with E-state index in [1.807, 2.05) is 48.5 Å². The molecule has 0 saturated carbocycles. The van der Waals surface area contributed by atoms with Gasteiger partial charge in [0.1, 0.15) is 16.5 Å². The summed E-state index contributed by atoms with van der Waals surface area (Å²) in [6, 6.07) is 15.1. The number of hydrogen-bond acceptors (Lipinski definition) is 2. The van der Waals surface area contributed by atoms with Crippen LogP contribution in [0.3, 0.4) is 0 Å². The molecule has 0 aromatic heterocycles. The molecule has 0 aliphatic carbocycles. The van der Waals surface area contributed by atoms with Crippen molar-refractivity contribution in [3.63, 3.8) is 0 Å². The van der Waals surface area contributed by atoms with Crippen LogP contribution in [0.4, 0.5) is 0 Å². The van der Waals surface area contributed by atoms with Crippen LogP contribution in [-0.4, -0.2) is 4.99 Å². The van der Waals surface area contributed by atoms with Gasteiger partial charge >= 0.3 is 0 Å². The predicted octanol–water partition coefficient (Wildman–Crippen LogP) is 3.88. The molecule has 17 heavy (non-hydrogen) atoms. The lowest BCUT2D eigenvalue weighted by Gasteiger charge is -2.10. The topological polar surface area (TPSA) is 35.2 Å². The van der Waals surface area contributed by atoms with Crippen molar-refractivity contribution < 1.29 is 4.74 Å². The average Bonchev–Trinajstić information content (AvgIpc) is 2.29. The summed E-state index contributed by atoms with van der Waals surface area (Å²) in [4.78, 5) is 0.329. The maximum Gasteiger partial charge on any atom is 0.137 e. The van der Waals surface area contributed by atoms with Crippen LogP contribution in [0, 0.1) is 0 Å². The first kappa shape index (κ1) is 12.1. The van der Waals surface area contributed by atoms with Crippen LogP contribution in [0.5, 0.6) is 11.5 Å². The summed E-state index contributed by atoms with van der Waals surface area (Å²) in [6.45, 7) is 0. The Hall–Kier alpha value is -1.39. The number of ether oxygens (including phenoxy) is 1. The summed E-state index contributed by atoms with van der Waals surface area (Å²) in [5, 5.41) is 0. The van der Waals surface area contributed by atoms with Gasteiger partial charge in [0.05, 0.1) is 5.56 Å². The van der Waals surface area contributed by atoms with E-state index in [-0.39, 0.29) is 0 Å². The smallest absolute Gasteiger partial charge is 0.137 e. The van der Waals surface area contributed by atoms with E-state index in [0.717, 1.165) is 15.8 Å². The van der Waals surface area contributed by atoms with Crippen molar-refractivity contribution in [3.8, 4) is 11.5 Å². The zero-order chi connectivity index (χ0) is 12.3. The van der Waals surface area contributed by atoms with Gasteiger partial charge in [-0.1, -0.05) is 46.3 Å². The number of hydrogen-bond donors (Lipinski definition) is 1. The number of nitrogens with two attached hydrogens (primary N) is 1. The van der Waals surface area contributed by atoms with E-state index in [1.54, 1.807) is 0 Å². The Labute approximate surface area is 114 Å². The van der Waals surface area contributed by atoms with E-state index in [1.165, 1.54) is 0 Å². The molecule has 0 heterocycles. The molecule has 2 nitrogen and oxygen atoms in total. The van der Waals surface area contributed by atoms with Gasteiger partial charge in [0, 0.05) is 4.47 Å². The fraction of sp³-hybridized carbons (Fsp3) is 0. The van der Waals surface area contributed by atoms with Crippen molar-refractivity contribution in [1.82, 2.24) is 0 Å². The highest BCUT2D eigenvalue weighted by Crippen LogP contribution is 2.27. The Morgan fingerprint density at radius 2 is 1.88 bits per heavy atom. The largest absolute Gasteiger partial charge is 0.457 e. The average molecular weight is 308 g/mol. The first-order valence-corrected chi connectivity index (χ1v) is 6.19. The normalized spacial score (nSPS) is 9.94. The van der Waals surface area contributed by atoms with E-state index in [2.05, 4.69) is 15.9 Å². The van der Waals surface area contributed by atoms with Gasteiger partial charge in [0.15, 0.2) is 0 Å². The van der Waals surface area contributed by atoms with Gasteiger partial charge < -0.3 is 10.5 Å². The zero-order valence-electron chi connectivity index (χ0n) is 8.89. The highest BCUT2D eigenvalue weighted by Gasteiger charge is 2.06. The van der Waals surface area contributed by atoms with Gasteiger partial charge in [-0.15, -0.1) is 0 Å². The van der Waals surface area contributed by atoms with Crippen LogP contribution in [0.25, 0.3) is 0 Å². The summed E-state index contributed by atoms with van der Waals surface area (Å²) >= 11 is 8.37. The number of para-hydroxylation sites is 1. The first-order chi connectivity index (χ1) is 8.16. The molecule has 0 aliphatic rings. The minimum atomic E-state index is 0.329. The van der Waals surface area contributed by atoms with Gasteiger partial charge in [-0.25, -0.2) is 0 Å². The van der Waals surface area contributed by atoms with Crippen molar-refractivity contribution >= 4 is 33.1 Å². The minimum Gasteiger partial charge on any atom is -0.457 e. The lowest BCUT2D eigenvalue weighted by Crippen LogP contribution is -2.10. The highest BCUT2D eigenvalue weighted by atomic mass is 79.9. The minimum absolute atomic E-state index is 0.329. The molecule has 86 valence electrons. The summed E-state index contributed by atoms with van der Waals surface area (Å²) in [7, 11) is 0. The fourth-order valence-electron chi connectivity index (χ4n) is 1.42. The lowest BCUT2D eigenvalue weighted by atomic mass is 10.2. The third-order valence-corrected chi connectivity index (χ3v) is 2.89. The van der Waals surface area contributed by atoms with Crippen molar-refractivity contribution in [1.29, 1.82) is 0 Å². The Kier molecular flexibility index (Phi) is 3.76. The Balaban J connectivity index is 2.33. The van der Waals surface area contributed by atoms with Crippen LogP contribution >= 0.6 is 28.1 Å². The third kappa shape index (κ3) is 3.05. The Morgan fingerprint density at radius 3 is 2.59 bits per heavy atom. The van der Waals surface area contributed by atoms with Gasteiger partial charge in [0.25, 0.3) is 0 Å². The SMILES string of the molecule is NC(=S)c1ccccc1Oc1cccc(Br)c1. The molecule has 2 aromatic rings. The summed E-state index contributed by atoms with van der Waals surface area (Å²) < 4.78 is 6.72. The lowest BCUT2D eigenvalue weighted by molar-refractivity contribution is 0.481. The van der Waals surface area contributed by atoms with Crippen molar-refractivity contribution in [2.45, 2.75) is 0 Å². The monoisotopic (exact) mass is 307 g/mol. The molecule has 0 radical (unpaired) electrons. The first-order valence-electron chi connectivity index (χ1n) is 4.99. The molecule has 0 bridgehead atoms. The summed E-state index contributed by atoms with van der Waals surface area (Å²) in [5.74, 6) is 1.40. The second-order valence-electron chi connectivity index (χ2n) is 3.42. The fourth-order valence-corrected chi connectivity index (χ4v) is 1.96. The standard InChI is InChI=1S/C13H10BrNOS/c14-9-4-3-5-10(8-9)16-12-7-2-1-6-11(12)13(15)17/h1-8H,(H2,15,17). The van der Waals surface area contributed by atoms with Crippen LogP contribution in [0.1, 0.15) is 5.56 Å². The van der Waals surface area contributed by atoms with E-state index in [0.29, 0.717) is 10.7 Å². The van der Waals surface area contributed by atoms with Crippen molar-refractivity contribution in [2.75, 3.05) is 0 Å². The van der Waals surface area contributed by atoms with E-state index < -0.39 is 0 Å². The molecule has 0 aliphatic heterocycles. The molecular weight excluding hydrogens is 298 g/mol. The third-order valence-electron chi connectivity index (χ3n) is 2.18. The second kappa shape index (κ2) is 5.29. The molecule has 2 N–H and O–H groups in total. The van der Waals surface area contributed by atoms with E-state index >= 15 is 0 Å². The van der Waals surface area contributed by atoms with Crippen molar-refractivity contribution in [3.05, 3.63) is 58.6 Å². The molecule has 0 fully saturated rings. The maximum atomic E-state index is 5.75. The second-order valence-corrected chi connectivity index (χ2v) is 4.78. The van der Waals surface area contributed by atoms with Crippen molar-refractivity contribution in [2.24, 2.45) is 5.73 Å². The van der Waals surface area contributed by atoms with Gasteiger partial charge in [-0.05, 0) is 30.3 Å². The molecule has 2 rings (SSSR count). The number of benzene rings is 2. The molecular formula is C13H10BrNOS. The number of thiocarbonyl (C=S) groups is 1. The Morgan fingerprint density at radius 1 is 1.12 bits per heavy atom. The van der Waals surface area contributed by atoms with Gasteiger partial charge in [0.2, 0.25) is 0 Å². The molecule has 0 spiro atoms. The molecule has 0 saturated heterocycles. The van der Waals surface area contributed by atoms with Crippen LogP contribution in [-0.2, 0) is 0 Å². The molecule has 0 unspecified atom stereocenters. The predicted molar refractivity (Wildman–Crippen MR) is 76.5 cm³/mol. The van der Waals surface area contributed by atoms with E-state index in [9.17, 15) is 0 Å². The molecule has 0 amide bonds. The molecule has 0 atom stereocenters. The highest BCUT2D eigenvalue weighted by molar-refractivity contribution is 9.10. The number of halogens is 1. The quantitative estimate of drug-likeness (QED) is 0.874. The zero-order valence-corrected chi connectivity index (χ0v) is 11.3. The molecule has 2 aromatic carbocycles. The van der Waals surface area contributed by atoms with Crippen LogP contribution in [0.15, 0.2) is 53.0 Å². The van der Waals surface area contributed by atoms with Crippen LogP contribution < -0.4 is 10.5 Å². The van der Waals surface area contributed by atoms with E-state index in [4.69, 9.17) is 22.7 Å². The Bertz CT molecular complexity index is 557. The van der Waals surface area contributed by atoms with Crippen LogP contribution in [0.2, 0.25) is 0 Å². The summed E-state index contributed by atoms with van der Waals surface area (Å²) in [5.41, 5.74) is 6.38. The number of rotatable bonds is 3. The summed E-state index contributed by atoms with van der Waals surface area (Å²) in [6.07, 6.45) is 0. The van der Waals surface area contributed by atoms with Gasteiger partial charge in [-0.2, -0.15) is 0 Å².